The monoisotopic (exact) mass is 344 g/mol. The van der Waals surface area contributed by atoms with E-state index in [2.05, 4.69) is 0 Å². The van der Waals surface area contributed by atoms with Crippen LogP contribution in [0.5, 0.6) is 0 Å². The van der Waals surface area contributed by atoms with E-state index in [1.54, 1.807) is 41.8 Å². The Morgan fingerprint density at radius 1 is 1.21 bits per heavy atom. The SMILES string of the molecule is CCOC(=O)CO[C@@H]1C[C@@H](C(=O)N(C)C)N(C(=O)OC(C)(C)C)C1. The molecule has 2 amide bonds. The lowest BCUT2D eigenvalue weighted by molar-refractivity contribution is -0.150. The van der Waals surface area contributed by atoms with Crippen molar-refractivity contribution in [3.63, 3.8) is 0 Å². The minimum Gasteiger partial charge on any atom is -0.464 e. The number of hydrogen-bond donors (Lipinski definition) is 0. The highest BCUT2D eigenvalue weighted by Gasteiger charge is 2.42. The van der Waals surface area contributed by atoms with Crippen LogP contribution in [-0.2, 0) is 23.8 Å². The van der Waals surface area contributed by atoms with Gasteiger partial charge in [-0.2, -0.15) is 0 Å². The summed E-state index contributed by atoms with van der Waals surface area (Å²) in [4.78, 5) is 38.9. The topological polar surface area (TPSA) is 85.4 Å². The molecule has 8 heteroatoms. The largest absolute Gasteiger partial charge is 0.464 e. The normalized spacial score (nSPS) is 20.7. The number of esters is 1. The Morgan fingerprint density at radius 3 is 2.33 bits per heavy atom. The minimum absolute atomic E-state index is 0.193. The van der Waals surface area contributed by atoms with E-state index in [1.807, 2.05) is 0 Å². The van der Waals surface area contributed by atoms with Gasteiger partial charge in [-0.1, -0.05) is 0 Å². The lowest BCUT2D eigenvalue weighted by atomic mass is 10.2. The highest BCUT2D eigenvalue weighted by atomic mass is 16.6. The summed E-state index contributed by atoms with van der Waals surface area (Å²) >= 11 is 0. The molecule has 0 aromatic heterocycles. The summed E-state index contributed by atoms with van der Waals surface area (Å²) in [5.41, 5.74) is -0.660. The molecule has 138 valence electrons. The summed E-state index contributed by atoms with van der Waals surface area (Å²) in [6.07, 6.45) is -0.670. The average molecular weight is 344 g/mol. The van der Waals surface area contributed by atoms with Crippen molar-refractivity contribution in [3.8, 4) is 0 Å². The molecule has 8 nitrogen and oxygen atoms in total. The zero-order valence-electron chi connectivity index (χ0n) is 15.3. The van der Waals surface area contributed by atoms with E-state index in [0.717, 1.165) is 0 Å². The van der Waals surface area contributed by atoms with Crippen molar-refractivity contribution >= 4 is 18.0 Å². The maximum atomic E-state index is 12.4. The van der Waals surface area contributed by atoms with Gasteiger partial charge in [0.1, 0.15) is 18.2 Å². The second kappa shape index (κ2) is 8.32. The second-order valence-corrected chi connectivity index (χ2v) is 6.85. The Balaban J connectivity index is 2.76. The Morgan fingerprint density at radius 2 is 1.83 bits per heavy atom. The summed E-state index contributed by atoms with van der Waals surface area (Å²) < 4.78 is 15.7. The number of ether oxygens (including phenoxy) is 3. The smallest absolute Gasteiger partial charge is 0.411 e. The van der Waals surface area contributed by atoms with E-state index in [1.165, 1.54) is 9.80 Å². The molecule has 0 aliphatic carbocycles. The number of carbonyl (C=O) groups is 3. The van der Waals surface area contributed by atoms with Crippen molar-refractivity contribution in [3.05, 3.63) is 0 Å². The summed E-state index contributed by atoms with van der Waals surface area (Å²) in [6.45, 7) is 7.26. The average Bonchev–Trinajstić information content (AvgIpc) is 2.87. The number of amides is 2. The van der Waals surface area contributed by atoms with Crippen LogP contribution in [0.2, 0.25) is 0 Å². The van der Waals surface area contributed by atoms with E-state index < -0.39 is 29.8 Å². The molecule has 0 N–H and O–H groups in total. The maximum Gasteiger partial charge on any atom is 0.411 e. The first-order chi connectivity index (χ1) is 11.0. The molecule has 0 spiro atoms. The van der Waals surface area contributed by atoms with Crippen molar-refractivity contribution in [1.29, 1.82) is 0 Å². The molecule has 0 aromatic carbocycles. The van der Waals surface area contributed by atoms with Crippen LogP contribution in [0, 0.1) is 0 Å². The van der Waals surface area contributed by atoms with Crippen molar-refractivity contribution in [2.45, 2.75) is 51.9 Å². The van der Waals surface area contributed by atoms with Crippen molar-refractivity contribution in [2.75, 3.05) is 33.9 Å². The Kier molecular flexibility index (Phi) is 7.01. The Bertz CT molecular complexity index is 472. The highest BCUT2D eigenvalue weighted by molar-refractivity contribution is 5.86. The molecule has 1 heterocycles. The van der Waals surface area contributed by atoms with Gasteiger partial charge in [0, 0.05) is 20.5 Å². The van der Waals surface area contributed by atoms with Crippen LogP contribution < -0.4 is 0 Å². The van der Waals surface area contributed by atoms with Crippen LogP contribution >= 0.6 is 0 Å². The number of carbonyl (C=O) groups excluding carboxylic acids is 3. The van der Waals surface area contributed by atoms with Crippen molar-refractivity contribution in [2.24, 2.45) is 0 Å². The van der Waals surface area contributed by atoms with Gasteiger partial charge in [0.15, 0.2) is 0 Å². The fourth-order valence-electron chi connectivity index (χ4n) is 2.36. The molecule has 24 heavy (non-hydrogen) atoms. The number of hydrogen-bond acceptors (Lipinski definition) is 6. The van der Waals surface area contributed by atoms with Gasteiger partial charge in [0.25, 0.3) is 0 Å². The number of rotatable bonds is 5. The zero-order chi connectivity index (χ0) is 18.5. The van der Waals surface area contributed by atoms with E-state index in [4.69, 9.17) is 14.2 Å². The predicted octanol–water partition coefficient (Wildman–Crippen LogP) is 1.03. The molecule has 1 aliphatic heterocycles. The lowest BCUT2D eigenvalue weighted by Crippen LogP contribution is -2.47. The van der Waals surface area contributed by atoms with Crippen LogP contribution in [-0.4, -0.2) is 79.4 Å². The van der Waals surface area contributed by atoms with Gasteiger partial charge >= 0.3 is 12.1 Å². The summed E-state index contributed by atoms with van der Waals surface area (Å²) in [7, 11) is 3.25. The maximum absolute atomic E-state index is 12.4. The number of likely N-dealkylation sites (N-methyl/N-ethyl adjacent to an activating group) is 1. The van der Waals surface area contributed by atoms with Gasteiger partial charge in [-0.05, 0) is 27.7 Å². The molecule has 0 saturated carbocycles. The third kappa shape index (κ3) is 5.99. The van der Waals surface area contributed by atoms with Crippen molar-refractivity contribution in [1.82, 2.24) is 9.80 Å². The molecule has 0 unspecified atom stereocenters. The Hall–Kier alpha value is -1.83. The number of nitrogens with zero attached hydrogens (tertiary/aromatic N) is 2. The van der Waals surface area contributed by atoms with Crippen LogP contribution in [0.25, 0.3) is 0 Å². The minimum atomic E-state index is -0.665. The van der Waals surface area contributed by atoms with Gasteiger partial charge in [-0.3, -0.25) is 9.69 Å². The van der Waals surface area contributed by atoms with Gasteiger partial charge in [0.05, 0.1) is 19.3 Å². The first-order valence-corrected chi connectivity index (χ1v) is 8.03. The van der Waals surface area contributed by atoms with E-state index in [-0.39, 0.29) is 25.7 Å². The Labute approximate surface area is 143 Å². The molecule has 0 bridgehead atoms. The van der Waals surface area contributed by atoms with Gasteiger partial charge in [-0.25, -0.2) is 9.59 Å². The first kappa shape index (κ1) is 20.2. The van der Waals surface area contributed by atoms with E-state index >= 15 is 0 Å². The predicted molar refractivity (Wildman–Crippen MR) is 86.4 cm³/mol. The molecule has 1 aliphatic rings. The first-order valence-electron chi connectivity index (χ1n) is 8.03. The van der Waals surface area contributed by atoms with Gasteiger partial charge in [0.2, 0.25) is 5.91 Å². The molecule has 0 aromatic rings. The van der Waals surface area contributed by atoms with Crippen LogP contribution in [0.3, 0.4) is 0 Å². The fourth-order valence-corrected chi connectivity index (χ4v) is 2.36. The van der Waals surface area contributed by atoms with Gasteiger partial charge in [-0.15, -0.1) is 0 Å². The number of likely N-dealkylation sites (tertiary alicyclic amines) is 1. The third-order valence-electron chi connectivity index (χ3n) is 3.36. The van der Waals surface area contributed by atoms with E-state index in [0.29, 0.717) is 6.42 Å². The quantitative estimate of drug-likeness (QED) is 0.693. The van der Waals surface area contributed by atoms with Crippen molar-refractivity contribution < 1.29 is 28.6 Å². The van der Waals surface area contributed by atoms with Crippen LogP contribution in [0.4, 0.5) is 4.79 Å². The molecule has 2 atom stereocenters. The molecule has 1 fully saturated rings. The fraction of sp³-hybridized carbons (Fsp3) is 0.812. The van der Waals surface area contributed by atoms with Gasteiger partial charge < -0.3 is 19.1 Å². The zero-order valence-corrected chi connectivity index (χ0v) is 15.3. The molecule has 1 saturated heterocycles. The molecular weight excluding hydrogens is 316 g/mol. The highest BCUT2D eigenvalue weighted by Crippen LogP contribution is 2.24. The summed E-state index contributed by atoms with van der Waals surface area (Å²) in [5.74, 6) is -0.674. The van der Waals surface area contributed by atoms with E-state index in [9.17, 15) is 14.4 Å². The standard InChI is InChI=1S/C16H28N2O6/c1-7-22-13(19)10-23-11-8-12(14(20)17(5)6)18(9-11)15(21)24-16(2,3)4/h11-12H,7-10H2,1-6H3/t11-,12+/m1/s1. The van der Waals surface area contributed by atoms with Crippen LogP contribution in [0.1, 0.15) is 34.1 Å². The summed E-state index contributed by atoms with van der Waals surface area (Å²) in [5, 5.41) is 0. The summed E-state index contributed by atoms with van der Waals surface area (Å²) in [6, 6.07) is -0.665. The second-order valence-electron chi connectivity index (χ2n) is 6.85. The third-order valence-corrected chi connectivity index (χ3v) is 3.36. The lowest BCUT2D eigenvalue weighted by Gasteiger charge is -2.29. The molecular formula is C16H28N2O6. The molecule has 0 radical (unpaired) electrons. The van der Waals surface area contributed by atoms with Crippen LogP contribution in [0.15, 0.2) is 0 Å². The molecule has 1 rings (SSSR count).